The van der Waals surface area contributed by atoms with Crippen molar-refractivity contribution in [1.29, 1.82) is 0 Å². The molecule has 5 heteroatoms. The highest BCUT2D eigenvalue weighted by atomic mass is 32.1. The molecule has 2 aromatic rings. The van der Waals surface area contributed by atoms with Gasteiger partial charge in [-0.15, -0.1) is 0 Å². The molecule has 0 aliphatic heterocycles. The minimum Gasteiger partial charge on any atom is -0.464 e. The Morgan fingerprint density at radius 3 is 2.73 bits per heavy atom. The van der Waals surface area contributed by atoms with E-state index in [1.165, 1.54) is 11.5 Å². The molecule has 15 heavy (non-hydrogen) atoms. The molecule has 0 bridgehead atoms. The van der Waals surface area contributed by atoms with E-state index >= 15 is 0 Å². The molecule has 1 unspecified atom stereocenters. The molecule has 1 atom stereocenters. The van der Waals surface area contributed by atoms with Crippen LogP contribution in [0.3, 0.4) is 0 Å². The Morgan fingerprint density at radius 2 is 2.20 bits per heavy atom. The maximum absolute atomic E-state index is 5.52. The average molecular weight is 223 g/mol. The van der Waals surface area contributed by atoms with Gasteiger partial charge in [0, 0.05) is 11.5 Å². The molecule has 2 heterocycles. The van der Waals surface area contributed by atoms with Gasteiger partial charge in [0.05, 0.1) is 6.04 Å². The van der Waals surface area contributed by atoms with E-state index < -0.39 is 0 Å². The largest absolute Gasteiger partial charge is 0.464 e. The van der Waals surface area contributed by atoms with E-state index in [0.29, 0.717) is 0 Å². The van der Waals surface area contributed by atoms with Gasteiger partial charge in [0.25, 0.3) is 0 Å². The number of nitrogens with zero attached hydrogens (tertiary/aromatic N) is 2. The molecule has 80 valence electrons. The Bertz CT molecular complexity index is 449. The van der Waals surface area contributed by atoms with Crippen LogP contribution in [0, 0.1) is 13.8 Å². The van der Waals surface area contributed by atoms with Crippen LogP contribution in [0.15, 0.2) is 16.5 Å². The molecule has 0 radical (unpaired) electrons. The third-order valence-electron chi connectivity index (χ3n) is 2.06. The van der Waals surface area contributed by atoms with E-state index in [1.807, 2.05) is 32.9 Å². The van der Waals surface area contributed by atoms with Crippen molar-refractivity contribution in [2.24, 2.45) is 0 Å². The molecule has 4 nitrogen and oxygen atoms in total. The predicted octanol–water partition coefficient (Wildman–Crippen LogP) is 2.92. The lowest BCUT2D eigenvalue weighted by Gasteiger charge is -2.08. The van der Waals surface area contributed by atoms with Crippen LogP contribution in [0.25, 0.3) is 0 Å². The second-order valence-corrected chi connectivity index (χ2v) is 4.21. The molecule has 2 aromatic heterocycles. The van der Waals surface area contributed by atoms with Crippen molar-refractivity contribution < 1.29 is 4.42 Å². The quantitative estimate of drug-likeness (QED) is 0.869. The number of aryl methyl sites for hydroxylation is 2. The van der Waals surface area contributed by atoms with E-state index in [4.69, 9.17) is 4.42 Å². The summed E-state index contributed by atoms with van der Waals surface area (Å²) in [6, 6.07) is 4.05. The Balaban J connectivity index is 2.06. The number of hydrogen-bond donors (Lipinski definition) is 1. The first kappa shape index (κ1) is 10.2. The fourth-order valence-electron chi connectivity index (χ4n) is 1.30. The van der Waals surface area contributed by atoms with Crippen molar-refractivity contribution in [3.8, 4) is 0 Å². The van der Waals surface area contributed by atoms with Gasteiger partial charge < -0.3 is 9.73 Å². The van der Waals surface area contributed by atoms with Crippen molar-refractivity contribution in [2.45, 2.75) is 26.8 Å². The van der Waals surface area contributed by atoms with Gasteiger partial charge in [-0.05, 0) is 32.9 Å². The maximum Gasteiger partial charge on any atom is 0.203 e. The van der Waals surface area contributed by atoms with Crippen molar-refractivity contribution in [3.63, 3.8) is 0 Å². The van der Waals surface area contributed by atoms with Crippen LogP contribution in [0.4, 0.5) is 5.13 Å². The van der Waals surface area contributed by atoms with Crippen molar-refractivity contribution in [3.05, 3.63) is 29.5 Å². The fraction of sp³-hybridized carbons (Fsp3) is 0.400. The first-order valence-electron chi connectivity index (χ1n) is 4.78. The highest BCUT2D eigenvalue weighted by Gasteiger charge is 2.11. The number of aromatic nitrogens is 2. The molecule has 0 saturated carbocycles. The van der Waals surface area contributed by atoms with Gasteiger partial charge in [-0.25, -0.2) is 4.98 Å². The summed E-state index contributed by atoms with van der Waals surface area (Å²) < 4.78 is 9.62. The highest BCUT2D eigenvalue weighted by molar-refractivity contribution is 7.09. The zero-order valence-electron chi connectivity index (χ0n) is 8.94. The van der Waals surface area contributed by atoms with Crippen LogP contribution in [0.1, 0.15) is 30.3 Å². The molecular formula is C10H13N3OS. The van der Waals surface area contributed by atoms with Gasteiger partial charge in [-0.1, -0.05) is 0 Å². The SMILES string of the molecule is Cc1nsc(NC(C)c2ccc(C)o2)n1. The first-order chi connectivity index (χ1) is 7.15. The third-order valence-corrected chi connectivity index (χ3v) is 2.79. The summed E-state index contributed by atoms with van der Waals surface area (Å²) in [5.41, 5.74) is 0. The van der Waals surface area contributed by atoms with Crippen LogP contribution in [-0.2, 0) is 0 Å². The Labute approximate surface area is 92.5 Å². The normalized spacial score (nSPS) is 12.7. The van der Waals surface area contributed by atoms with Crippen molar-refractivity contribution >= 4 is 16.7 Å². The molecule has 2 rings (SSSR count). The standard InChI is InChI=1S/C10H13N3OS/c1-6-4-5-9(14-6)7(2)11-10-12-8(3)13-15-10/h4-5,7H,1-3H3,(H,11,12,13). The van der Waals surface area contributed by atoms with Crippen LogP contribution < -0.4 is 5.32 Å². The molecule has 1 N–H and O–H groups in total. The van der Waals surface area contributed by atoms with Gasteiger partial charge in [-0.3, -0.25) is 0 Å². The van der Waals surface area contributed by atoms with Gasteiger partial charge in [0.2, 0.25) is 5.13 Å². The average Bonchev–Trinajstić information content (AvgIpc) is 2.75. The zero-order chi connectivity index (χ0) is 10.8. The fourth-order valence-corrected chi connectivity index (χ4v) is 1.96. The van der Waals surface area contributed by atoms with E-state index in [-0.39, 0.29) is 6.04 Å². The Morgan fingerprint density at radius 1 is 1.40 bits per heavy atom. The van der Waals surface area contributed by atoms with Crippen LogP contribution in [0.5, 0.6) is 0 Å². The van der Waals surface area contributed by atoms with Gasteiger partial charge >= 0.3 is 0 Å². The highest BCUT2D eigenvalue weighted by Crippen LogP contribution is 2.21. The number of furan rings is 1. The lowest BCUT2D eigenvalue weighted by molar-refractivity contribution is 0.467. The van der Waals surface area contributed by atoms with E-state index in [0.717, 1.165) is 22.5 Å². The summed E-state index contributed by atoms with van der Waals surface area (Å²) in [6.45, 7) is 5.85. The monoisotopic (exact) mass is 223 g/mol. The van der Waals surface area contributed by atoms with Crippen LogP contribution >= 0.6 is 11.5 Å². The number of rotatable bonds is 3. The zero-order valence-corrected chi connectivity index (χ0v) is 9.76. The van der Waals surface area contributed by atoms with Gasteiger partial charge in [0.1, 0.15) is 17.3 Å². The maximum atomic E-state index is 5.52. The summed E-state index contributed by atoms with van der Waals surface area (Å²) in [7, 11) is 0. The van der Waals surface area contributed by atoms with E-state index in [2.05, 4.69) is 14.7 Å². The molecule has 0 aromatic carbocycles. The summed E-state index contributed by atoms with van der Waals surface area (Å²) in [5, 5.41) is 4.07. The lowest BCUT2D eigenvalue weighted by atomic mass is 10.2. The lowest BCUT2D eigenvalue weighted by Crippen LogP contribution is -2.05. The second-order valence-electron chi connectivity index (χ2n) is 3.46. The smallest absolute Gasteiger partial charge is 0.203 e. The summed E-state index contributed by atoms with van der Waals surface area (Å²) in [6.07, 6.45) is 0. The van der Waals surface area contributed by atoms with Crippen molar-refractivity contribution in [1.82, 2.24) is 9.36 Å². The summed E-state index contributed by atoms with van der Waals surface area (Å²) >= 11 is 1.37. The number of nitrogens with one attached hydrogen (secondary N) is 1. The minimum atomic E-state index is 0.117. The van der Waals surface area contributed by atoms with Gasteiger partial charge in [0.15, 0.2) is 0 Å². The number of anilines is 1. The molecule has 0 aliphatic carbocycles. The van der Waals surface area contributed by atoms with E-state index in [1.54, 1.807) is 0 Å². The predicted molar refractivity (Wildman–Crippen MR) is 60.1 cm³/mol. The third kappa shape index (κ3) is 2.36. The van der Waals surface area contributed by atoms with Crippen molar-refractivity contribution in [2.75, 3.05) is 5.32 Å². The summed E-state index contributed by atoms with van der Waals surface area (Å²) in [5.74, 6) is 2.64. The molecule has 0 aliphatic rings. The minimum absolute atomic E-state index is 0.117. The van der Waals surface area contributed by atoms with Crippen LogP contribution in [0.2, 0.25) is 0 Å². The molecule has 0 saturated heterocycles. The topological polar surface area (TPSA) is 51.0 Å². The molecule has 0 spiro atoms. The van der Waals surface area contributed by atoms with Crippen LogP contribution in [-0.4, -0.2) is 9.36 Å². The first-order valence-corrected chi connectivity index (χ1v) is 5.55. The molecule has 0 fully saturated rings. The number of hydrogen-bond acceptors (Lipinski definition) is 5. The molecule has 0 amide bonds. The Hall–Kier alpha value is -1.36. The Kier molecular flexibility index (Phi) is 2.73. The molecular weight excluding hydrogens is 210 g/mol. The van der Waals surface area contributed by atoms with Gasteiger partial charge in [-0.2, -0.15) is 4.37 Å². The van der Waals surface area contributed by atoms with E-state index in [9.17, 15) is 0 Å². The summed E-state index contributed by atoms with van der Waals surface area (Å²) in [4.78, 5) is 4.24. The second kappa shape index (κ2) is 4.02.